The van der Waals surface area contributed by atoms with Crippen molar-refractivity contribution in [3.05, 3.63) is 94.5 Å². The van der Waals surface area contributed by atoms with Crippen LogP contribution in [0.3, 0.4) is 0 Å². The van der Waals surface area contributed by atoms with E-state index in [0.29, 0.717) is 34.7 Å². The van der Waals surface area contributed by atoms with E-state index in [1.165, 1.54) is 12.0 Å². The Morgan fingerprint density at radius 2 is 1.68 bits per heavy atom. The Bertz CT molecular complexity index is 1540. The number of halogens is 4. The van der Waals surface area contributed by atoms with Crippen LogP contribution in [0.1, 0.15) is 36.5 Å². The normalized spacial score (nSPS) is 12.3. The van der Waals surface area contributed by atoms with Gasteiger partial charge in [-0.05, 0) is 47.9 Å². The quantitative estimate of drug-likeness (QED) is 0.226. The first-order chi connectivity index (χ1) is 20.7. The summed E-state index contributed by atoms with van der Waals surface area (Å²) in [6.07, 6.45) is -2.45. The Balaban J connectivity index is 2.10. The van der Waals surface area contributed by atoms with Gasteiger partial charge in [0.25, 0.3) is 0 Å². The summed E-state index contributed by atoms with van der Waals surface area (Å²) in [5, 5.41) is 2.25. The molecule has 0 radical (unpaired) electrons. The molecule has 0 aromatic heterocycles. The van der Waals surface area contributed by atoms with Gasteiger partial charge in [-0.1, -0.05) is 67.4 Å². The van der Waals surface area contributed by atoms with Crippen LogP contribution in [0.25, 0.3) is 0 Å². The monoisotopic (exact) mass is 653 g/mol. The molecule has 0 spiro atoms. The number of carbonyl (C=O) groups is 2. The molecule has 238 valence electrons. The lowest BCUT2D eigenvalue weighted by atomic mass is 10.0. The number of unbranched alkanes of at least 4 members (excludes halogenated alkanes) is 1. The first-order valence-corrected chi connectivity index (χ1v) is 16.1. The fourth-order valence-electron chi connectivity index (χ4n) is 4.53. The summed E-state index contributed by atoms with van der Waals surface area (Å²) in [5.41, 5.74) is -0.304. The number of ether oxygens (including phenoxy) is 1. The zero-order chi connectivity index (χ0) is 32.5. The minimum absolute atomic E-state index is 0.104. The number of hydrogen-bond acceptors (Lipinski definition) is 5. The number of carbonyl (C=O) groups excluding carboxylic acids is 2. The largest absolute Gasteiger partial charge is 0.497 e. The Morgan fingerprint density at radius 1 is 1.00 bits per heavy atom. The van der Waals surface area contributed by atoms with Crippen molar-refractivity contribution in [2.45, 2.75) is 44.9 Å². The van der Waals surface area contributed by atoms with Crippen LogP contribution < -0.4 is 14.4 Å². The molecule has 2 amide bonds. The highest BCUT2D eigenvalue weighted by Gasteiger charge is 2.36. The maximum Gasteiger partial charge on any atom is 0.417 e. The summed E-state index contributed by atoms with van der Waals surface area (Å²) in [6.45, 7) is 1.35. The third-order valence-corrected chi connectivity index (χ3v) is 8.28. The average Bonchev–Trinajstić information content (AvgIpc) is 2.97. The summed E-state index contributed by atoms with van der Waals surface area (Å²) in [4.78, 5) is 29.0. The van der Waals surface area contributed by atoms with Crippen molar-refractivity contribution in [3.63, 3.8) is 0 Å². The number of rotatable bonds is 14. The van der Waals surface area contributed by atoms with Gasteiger partial charge in [0, 0.05) is 19.5 Å². The molecule has 0 saturated carbocycles. The van der Waals surface area contributed by atoms with Crippen molar-refractivity contribution in [1.82, 2.24) is 10.2 Å². The number of amides is 2. The first-order valence-electron chi connectivity index (χ1n) is 13.8. The van der Waals surface area contributed by atoms with Gasteiger partial charge in [0.1, 0.15) is 18.3 Å². The minimum Gasteiger partial charge on any atom is -0.497 e. The van der Waals surface area contributed by atoms with Crippen molar-refractivity contribution < 1.29 is 35.9 Å². The first kappa shape index (κ1) is 34.7. The standard InChI is InChI=1S/C31H35ClF3N3O5S/c1-4-5-16-36-30(40)28(18-22-10-7-6-8-11-22)37(20-23-12-9-13-25(17-23)43-2)29(39)21-38(44(3,41)42)24-14-15-27(32)26(19-24)31(33,34)35/h6-15,17,19,28H,4-5,16,18,20-21H2,1-3H3,(H,36,40)/t28-/m1/s1. The van der Waals surface area contributed by atoms with Crippen molar-refractivity contribution in [2.24, 2.45) is 0 Å². The highest BCUT2D eigenvalue weighted by molar-refractivity contribution is 7.92. The second-order valence-electron chi connectivity index (χ2n) is 10.2. The van der Waals surface area contributed by atoms with Crippen molar-refractivity contribution in [3.8, 4) is 5.75 Å². The number of nitrogens with one attached hydrogen (secondary N) is 1. The van der Waals surface area contributed by atoms with E-state index >= 15 is 0 Å². The van der Waals surface area contributed by atoms with E-state index < -0.39 is 56.9 Å². The van der Waals surface area contributed by atoms with Gasteiger partial charge in [0.05, 0.1) is 29.6 Å². The van der Waals surface area contributed by atoms with Crippen LogP contribution in [0.15, 0.2) is 72.8 Å². The number of nitrogens with zero attached hydrogens (tertiary/aromatic N) is 2. The van der Waals surface area contributed by atoms with Gasteiger partial charge in [0.2, 0.25) is 21.8 Å². The molecule has 0 unspecified atom stereocenters. The zero-order valence-electron chi connectivity index (χ0n) is 24.6. The zero-order valence-corrected chi connectivity index (χ0v) is 26.2. The molecule has 1 atom stereocenters. The lowest BCUT2D eigenvalue weighted by molar-refractivity contribution is -0.140. The smallest absolute Gasteiger partial charge is 0.417 e. The predicted octanol–water partition coefficient (Wildman–Crippen LogP) is 5.69. The van der Waals surface area contributed by atoms with Gasteiger partial charge in [-0.25, -0.2) is 8.42 Å². The van der Waals surface area contributed by atoms with Crippen LogP contribution in [0.2, 0.25) is 5.02 Å². The average molecular weight is 654 g/mol. The SMILES string of the molecule is CCCCNC(=O)[C@@H](Cc1ccccc1)N(Cc1cccc(OC)c1)C(=O)CN(c1ccc(Cl)c(C(F)(F)F)c1)S(C)(=O)=O. The predicted molar refractivity (Wildman–Crippen MR) is 164 cm³/mol. The van der Waals surface area contributed by atoms with E-state index in [1.54, 1.807) is 48.5 Å². The molecule has 0 heterocycles. The molecule has 0 aliphatic heterocycles. The summed E-state index contributed by atoms with van der Waals surface area (Å²) < 4.78 is 72.6. The maximum atomic E-state index is 14.1. The Labute approximate surface area is 260 Å². The number of anilines is 1. The Morgan fingerprint density at radius 3 is 2.30 bits per heavy atom. The highest BCUT2D eigenvalue weighted by atomic mass is 35.5. The van der Waals surface area contributed by atoms with Crippen molar-refractivity contribution in [1.29, 1.82) is 0 Å². The molecule has 44 heavy (non-hydrogen) atoms. The summed E-state index contributed by atoms with van der Waals surface area (Å²) in [5.74, 6) is -0.746. The Hall–Kier alpha value is -3.77. The van der Waals surface area contributed by atoms with E-state index in [1.807, 2.05) is 13.0 Å². The van der Waals surface area contributed by atoms with E-state index in [9.17, 15) is 31.2 Å². The molecule has 3 rings (SSSR count). The van der Waals surface area contributed by atoms with Gasteiger partial charge >= 0.3 is 6.18 Å². The molecule has 0 fully saturated rings. The van der Waals surface area contributed by atoms with E-state index in [2.05, 4.69) is 5.32 Å². The third kappa shape index (κ3) is 9.62. The maximum absolute atomic E-state index is 14.1. The minimum atomic E-state index is -4.87. The topological polar surface area (TPSA) is 96.0 Å². The van der Waals surface area contributed by atoms with E-state index in [-0.39, 0.29) is 13.0 Å². The fourth-order valence-corrected chi connectivity index (χ4v) is 5.59. The van der Waals surface area contributed by atoms with Crippen molar-refractivity contribution in [2.75, 3.05) is 30.8 Å². The van der Waals surface area contributed by atoms with Gasteiger partial charge in [0.15, 0.2) is 0 Å². The molecule has 3 aromatic carbocycles. The molecule has 1 N–H and O–H groups in total. The van der Waals surface area contributed by atoms with Crippen LogP contribution in [0.5, 0.6) is 5.75 Å². The van der Waals surface area contributed by atoms with E-state index in [0.717, 1.165) is 30.4 Å². The van der Waals surface area contributed by atoms with E-state index in [4.69, 9.17) is 16.3 Å². The van der Waals surface area contributed by atoms with Crippen LogP contribution >= 0.6 is 11.6 Å². The molecule has 0 aliphatic rings. The number of hydrogen-bond donors (Lipinski definition) is 1. The number of benzene rings is 3. The molecule has 0 saturated heterocycles. The number of alkyl halides is 3. The highest BCUT2D eigenvalue weighted by Crippen LogP contribution is 2.37. The summed E-state index contributed by atoms with van der Waals surface area (Å²) >= 11 is 5.76. The fraction of sp³-hybridized carbons (Fsp3) is 0.355. The van der Waals surface area contributed by atoms with Crippen LogP contribution in [-0.2, 0) is 38.8 Å². The van der Waals surface area contributed by atoms with Gasteiger partial charge in [-0.3, -0.25) is 13.9 Å². The molecular formula is C31H35ClF3N3O5S. The van der Waals surface area contributed by atoms with Crippen LogP contribution in [-0.4, -0.2) is 57.6 Å². The summed E-state index contributed by atoms with van der Waals surface area (Å²) in [7, 11) is -2.79. The van der Waals surface area contributed by atoms with Crippen LogP contribution in [0, 0.1) is 0 Å². The molecule has 3 aromatic rings. The second kappa shape index (κ2) is 15.3. The second-order valence-corrected chi connectivity index (χ2v) is 12.5. The lowest BCUT2D eigenvalue weighted by Gasteiger charge is -2.33. The molecule has 0 bridgehead atoms. The molecule has 0 aliphatic carbocycles. The molecule has 8 nitrogen and oxygen atoms in total. The summed E-state index contributed by atoms with van der Waals surface area (Å²) in [6, 6.07) is 17.3. The van der Waals surface area contributed by atoms with Crippen molar-refractivity contribution >= 4 is 39.1 Å². The lowest BCUT2D eigenvalue weighted by Crippen LogP contribution is -2.53. The van der Waals surface area contributed by atoms with Gasteiger partial charge < -0.3 is 15.0 Å². The molecular weight excluding hydrogens is 619 g/mol. The van der Waals surface area contributed by atoms with Crippen LogP contribution in [0.4, 0.5) is 18.9 Å². The number of sulfonamides is 1. The van der Waals surface area contributed by atoms with Gasteiger partial charge in [-0.2, -0.15) is 13.2 Å². The third-order valence-electron chi connectivity index (χ3n) is 6.81. The number of methoxy groups -OCH3 is 1. The van der Waals surface area contributed by atoms with Gasteiger partial charge in [-0.15, -0.1) is 0 Å². The Kier molecular flexibility index (Phi) is 12.1. The molecule has 13 heteroatoms.